The van der Waals surface area contributed by atoms with E-state index in [0.29, 0.717) is 38.3 Å². The molecule has 0 aliphatic rings. The van der Waals surface area contributed by atoms with Crippen LogP contribution in [0.1, 0.15) is 38.8 Å². The molecule has 35 heteroatoms. The number of hydrogen-bond donors (Lipinski definition) is 10. The Balaban J connectivity index is 1.33. The molecular weight excluding hydrogens is 1110 g/mol. The standard InChI is InChI=1S/C40H44N12O17S6/c1-5-51(6-2)39-47-35(45-37(49-39)43-29-21-27(71(55,56)57)15-17-32(29)73(61,62)63)41-25-13-11-23(31(19-25)70(53)54)9-10-24-12-14-26(20-34(24)75(67,68)69)42-36-46-38(50-40(48-36)52(7-3)8-4)44-30-22-28(72(58,59)60)16-18-33(30)74(64,65)66/h9-22H,5-8H2,1-4H3,(H,53,54)(H,55,56,57)(H,58,59,60)(H,61,62,63)(H,64,65,66)(H,67,68,69)(H2,41,43,45,47,49)(H2,42,44,46,48,50)/b10-9+. The molecule has 0 bridgehead atoms. The molecule has 6 rings (SSSR count). The zero-order valence-electron chi connectivity index (χ0n) is 39.1. The van der Waals surface area contributed by atoms with E-state index >= 15 is 0 Å². The minimum absolute atomic E-state index is 0.0132. The Morgan fingerprint density at radius 3 is 1.17 bits per heavy atom. The van der Waals surface area contributed by atoms with Crippen LogP contribution in [0.3, 0.4) is 0 Å². The molecule has 75 heavy (non-hydrogen) atoms. The Kier molecular flexibility index (Phi) is 17.2. The number of nitrogens with one attached hydrogen (secondary N) is 4. The van der Waals surface area contributed by atoms with Gasteiger partial charge in [0.2, 0.25) is 35.7 Å². The fourth-order valence-electron chi connectivity index (χ4n) is 6.79. The van der Waals surface area contributed by atoms with Gasteiger partial charge in [-0.05, 0) is 99.5 Å². The van der Waals surface area contributed by atoms with Crippen molar-refractivity contribution in [2.45, 2.75) is 57.1 Å². The van der Waals surface area contributed by atoms with Crippen LogP contribution in [0, 0.1) is 0 Å². The summed E-state index contributed by atoms with van der Waals surface area (Å²) in [5.74, 6) is -1.34. The van der Waals surface area contributed by atoms with Crippen molar-refractivity contribution in [3.8, 4) is 0 Å². The highest BCUT2D eigenvalue weighted by molar-refractivity contribution is 7.87. The highest BCUT2D eigenvalue weighted by atomic mass is 32.2. The predicted molar refractivity (Wildman–Crippen MR) is 273 cm³/mol. The molecule has 1 atom stereocenters. The first-order valence-electron chi connectivity index (χ1n) is 21.2. The van der Waals surface area contributed by atoms with Crippen LogP contribution in [0.25, 0.3) is 12.2 Å². The fraction of sp³-hybridized carbons (Fsp3) is 0.200. The molecule has 0 aliphatic heterocycles. The monoisotopic (exact) mass is 1160 g/mol. The van der Waals surface area contributed by atoms with Gasteiger partial charge in [-0.2, -0.15) is 72.0 Å². The molecular formula is C40H44N12O17S6. The average Bonchev–Trinajstić information content (AvgIpc) is 3.30. The summed E-state index contributed by atoms with van der Waals surface area (Å²) in [6, 6.07) is 11.9. The fourth-order valence-corrected chi connectivity index (χ4v) is 10.3. The SMILES string of the molecule is CCN(CC)c1nc(Nc2ccc(/C=C/c3ccc(Nc4nc(Nc5cc(S(=O)(=O)O)ccc5S(=O)(=O)O)nc(N(CC)CC)n4)cc3S(=O)(=O)O)c(S(=O)O)c2)nc(Nc2cc(S(=O)(=O)O)ccc2S(=O)(=O)O)n1. The van der Waals surface area contributed by atoms with E-state index in [4.69, 9.17) is 0 Å². The van der Waals surface area contributed by atoms with Crippen molar-refractivity contribution in [1.82, 2.24) is 29.9 Å². The van der Waals surface area contributed by atoms with E-state index in [9.17, 15) is 73.6 Å². The maximum absolute atomic E-state index is 12.8. The Bertz CT molecular complexity index is 3830. The Morgan fingerprint density at radius 2 is 0.813 bits per heavy atom. The van der Waals surface area contributed by atoms with Crippen molar-refractivity contribution in [3.05, 3.63) is 83.9 Å². The molecule has 0 spiro atoms. The second kappa shape index (κ2) is 22.5. The quantitative estimate of drug-likeness (QED) is 0.0250. The van der Waals surface area contributed by atoms with Gasteiger partial charge < -0.3 is 35.6 Å². The lowest BCUT2D eigenvalue weighted by molar-refractivity contribution is 0.479. The van der Waals surface area contributed by atoms with E-state index in [1.165, 1.54) is 42.5 Å². The maximum atomic E-state index is 12.8. The van der Waals surface area contributed by atoms with E-state index in [2.05, 4.69) is 51.2 Å². The first-order valence-corrected chi connectivity index (χ1v) is 29.5. The van der Waals surface area contributed by atoms with Gasteiger partial charge in [0, 0.05) is 37.6 Å². The number of aromatic nitrogens is 6. The number of benzene rings is 4. The van der Waals surface area contributed by atoms with Crippen molar-refractivity contribution in [2.75, 3.05) is 57.2 Å². The summed E-state index contributed by atoms with van der Waals surface area (Å²) in [7, 11) is -24.7. The van der Waals surface area contributed by atoms with Gasteiger partial charge in [-0.25, -0.2) is 4.21 Å². The highest BCUT2D eigenvalue weighted by Crippen LogP contribution is 2.32. The molecule has 0 saturated carbocycles. The van der Waals surface area contributed by atoms with Crippen molar-refractivity contribution in [2.24, 2.45) is 0 Å². The Hall–Kier alpha value is -6.90. The van der Waals surface area contributed by atoms with Crippen LogP contribution in [-0.4, -0.2) is 130 Å². The molecule has 402 valence electrons. The van der Waals surface area contributed by atoms with Crippen LogP contribution in [0.15, 0.2) is 102 Å². The number of hydrogen-bond acceptors (Lipinski definition) is 23. The molecule has 0 radical (unpaired) electrons. The third-order valence-corrected chi connectivity index (χ3v) is 15.5. The van der Waals surface area contributed by atoms with Gasteiger partial charge in [-0.15, -0.1) is 0 Å². The molecule has 0 amide bonds. The van der Waals surface area contributed by atoms with Crippen molar-refractivity contribution in [1.29, 1.82) is 0 Å². The summed E-state index contributed by atoms with van der Waals surface area (Å²) in [5, 5.41) is 10.6. The van der Waals surface area contributed by atoms with E-state index in [1.54, 1.807) is 37.5 Å². The van der Waals surface area contributed by atoms with E-state index in [1.807, 2.05) is 0 Å². The Labute approximate surface area is 431 Å². The number of anilines is 10. The first kappa shape index (κ1) is 57.4. The van der Waals surface area contributed by atoms with Gasteiger partial charge in [0.05, 0.1) is 26.1 Å². The van der Waals surface area contributed by atoms with Gasteiger partial charge in [-0.3, -0.25) is 22.8 Å². The molecule has 2 aromatic heterocycles. The summed E-state index contributed by atoms with van der Waals surface area (Å²) in [6.07, 6.45) is 2.47. The normalized spacial score (nSPS) is 12.8. The van der Waals surface area contributed by atoms with E-state index < -0.39 is 103 Å². The average molecular weight is 1160 g/mol. The summed E-state index contributed by atoms with van der Waals surface area (Å²) in [6.45, 7) is 8.40. The third kappa shape index (κ3) is 14.5. The van der Waals surface area contributed by atoms with Crippen LogP contribution in [0.2, 0.25) is 0 Å². The third-order valence-electron chi connectivity index (χ3n) is 10.3. The van der Waals surface area contributed by atoms with Crippen LogP contribution in [0.5, 0.6) is 0 Å². The molecule has 4 aromatic carbocycles. The van der Waals surface area contributed by atoms with Crippen molar-refractivity contribution in [3.63, 3.8) is 0 Å². The largest absolute Gasteiger partial charge is 0.341 e. The number of nitrogens with zero attached hydrogens (tertiary/aromatic N) is 8. The Morgan fingerprint density at radius 1 is 0.453 bits per heavy atom. The lowest BCUT2D eigenvalue weighted by atomic mass is 10.1. The van der Waals surface area contributed by atoms with Gasteiger partial charge >= 0.3 is 0 Å². The molecule has 0 fully saturated rings. The number of rotatable bonds is 22. The van der Waals surface area contributed by atoms with Crippen LogP contribution >= 0.6 is 0 Å². The topological polar surface area (TPSA) is 441 Å². The molecule has 10 N–H and O–H groups in total. The zero-order chi connectivity index (χ0) is 55.4. The second-order valence-electron chi connectivity index (χ2n) is 15.2. The summed E-state index contributed by atoms with van der Waals surface area (Å²) >= 11 is -2.72. The second-order valence-corrected chi connectivity index (χ2v) is 23.1. The smallest absolute Gasteiger partial charge is 0.296 e. The van der Waals surface area contributed by atoms with Gasteiger partial charge in [0.25, 0.3) is 50.6 Å². The minimum atomic E-state index is -5.03. The molecule has 0 saturated heterocycles. The lowest BCUT2D eigenvalue weighted by Crippen LogP contribution is -2.25. The predicted octanol–water partition coefficient (Wildman–Crippen LogP) is 4.71. The van der Waals surface area contributed by atoms with Crippen molar-refractivity contribution < 1.29 is 73.6 Å². The van der Waals surface area contributed by atoms with Crippen LogP contribution in [0.4, 0.5) is 58.4 Å². The molecule has 0 aliphatic carbocycles. The lowest BCUT2D eigenvalue weighted by Gasteiger charge is -2.20. The van der Waals surface area contributed by atoms with Crippen LogP contribution in [-0.2, 0) is 61.7 Å². The van der Waals surface area contributed by atoms with Crippen molar-refractivity contribution >= 4 is 132 Å². The van der Waals surface area contributed by atoms with E-state index in [0.717, 1.165) is 30.3 Å². The highest BCUT2D eigenvalue weighted by Gasteiger charge is 2.25. The van der Waals surface area contributed by atoms with E-state index in [-0.39, 0.29) is 57.1 Å². The molecule has 1 unspecified atom stereocenters. The summed E-state index contributed by atoms with van der Waals surface area (Å²) in [5.41, 5.74) is -1.13. The minimum Gasteiger partial charge on any atom is -0.341 e. The van der Waals surface area contributed by atoms with Crippen LogP contribution < -0.4 is 31.1 Å². The molecule has 29 nitrogen and oxygen atoms in total. The maximum Gasteiger partial charge on any atom is 0.296 e. The van der Waals surface area contributed by atoms with Gasteiger partial charge in [0.1, 0.15) is 14.7 Å². The van der Waals surface area contributed by atoms with Gasteiger partial charge in [-0.1, -0.05) is 24.3 Å². The molecule has 6 aromatic rings. The summed E-state index contributed by atoms with van der Waals surface area (Å²) < 4.78 is 194. The zero-order valence-corrected chi connectivity index (χ0v) is 44.0. The van der Waals surface area contributed by atoms with Gasteiger partial charge in [0.15, 0.2) is 11.1 Å². The first-order chi connectivity index (χ1) is 34.9. The molecule has 2 heterocycles. The summed E-state index contributed by atoms with van der Waals surface area (Å²) in [4.78, 5) is 24.9.